The molecule has 0 aliphatic rings. The normalized spacial score (nSPS) is 10.9. The molecule has 28 heavy (non-hydrogen) atoms. The van der Waals surface area contributed by atoms with E-state index in [9.17, 15) is 4.79 Å². The van der Waals surface area contributed by atoms with Crippen molar-refractivity contribution in [2.24, 2.45) is 0 Å². The van der Waals surface area contributed by atoms with Crippen LogP contribution < -0.4 is 5.32 Å². The summed E-state index contributed by atoms with van der Waals surface area (Å²) in [5.41, 5.74) is 2.30. The molecule has 0 radical (unpaired) electrons. The van der Waals surface area contributed by atoms with Gasteiger partial charge in [0.15, 0.2) is 0 Å². The molecule has 1 aromatic heterocycles. The van der Waals surface area contributed by atoms with Crippen LogP contribution in [0.25, 0.3) is 11.0 Å². The number of halogens is 1. The first-order valence-electron chi connectivity index (χ1n) is 8.47. The average molecular weight is 414 g/mol. The molecule has 9 heteroatoms. The number of aryl methyl sites for hydroxylation is 1. The SMILES string of the molecule is CCOC(=O)c1oc2ccc(CNC(C)(C)C)c(Cl)c2c1C.O=C(O)C(=O)O. The van der Waals surface area contributed by atoms with Crippen LogP contribution in [0.15, 0.2) is 16.5 Å². The molecule has 0 saturated heterocycles. The minimum Gasteiger partial charge on any atom is -0.473 e. The Labute approximate surface area is 167 Å². The molecular formula is C19H24ClNO7. The number of esters is 1. The summed E-state index contributed by atoms with van der Waals surface area (Å²) >= 11 is 6.52. The molecule has 0 saturated carbocycles. The van der Waals surface area contributed by atoms with Crippen molar-refractivity contribution < 1.29 is 33.8 Å². The number of hydrogen-bond donors (Lipinski definition) is 3. The van der Waals surface area contributed by atoms with Crippen molar-refractivity contribution in [1.82, 2.24) is 5.32 Å². The van der Waals surface area contributed by atoms with E-state index in [4.69, 9.17) is 40.6 Å². The number of carbonyl (C=O) groups is 3. The Morgan fingerprint density at radius 1 is 1.18 bits per heavy atom. The number of furan rings is 1. The summed E-state index contributed by atoms with van der Waals surface area (Å²) in [6.07, 6.45) is 0. The Balaban J connectivity index is 0.000000568. The van der Waals surface area contributed by atoms with Gasteiger partial charge in [-0.1, -0.05) is 17.7 Å². The van der Waals surface area contributed by atoms with Gasteiger partial charge in [-0.15, -0.1) is 0 Å². The molecule has 0 fully saturated rings. The van der Waals surface area contributed by atoms with Crippen molar-refractivity contribution >= 4 is 40.5 Å². The fourth-order valence-corrected chi connectivity index (χ4v) is 2.59. The Morgan fingerprint density at radius 3 is 2.21 bits per heavy atom. The Morgan fingerprint density at radius 2 is 1.75 bits per heavy atom. The predicted octanol–water partition coefficient (Wildman–Crippen LogP) is 3.62. The lowest BCUT2D eigenvalue weighted by Gasteiger charge is -2.21. The number of rotatable bonds is 4. The van der Waals surface area contributed by atoms with Crippen LogP contribution >= 0.6 is 11.6 Å². The molecule has 2 aromatic rings. The molecule has 0 unspecified atom stereocenters. The first-order chi connectivity index (χ1) is 12.9. The number of carbonyl (C=O) groups excluding carboxylic acids is 1. The van der Waals surface area contributed by atoms with Gasteiger partial charge in [0.1, 0.15) is 5.58 Å². The van der Waals surface area contributed by atoms with Gasteiger partial charge in [0, 0.05) is 23.0 Å². The Hall–Kier alpha value is -2.58. The maximum atomic E-state index is 11.9. The zero-order valence-electron chi connectivity index (χ0n) is 16.4. The molecule has 0 atom stereocenters. The van der Waals surface area contributed by atoms with Crippen LogP contribution in [0.5, 0.6) is 0 Å². The number of fused-ring (bicyclic) bond motifs is 1. The largest absolute Gasteiger partial charge is 0.473 e. The van der Waals surface area contributed by atoms with Crippen molar-refractivity contribution in [3.05, 3.63) is 34.0 Å². The van der Waals surface area contributed by atoms with Gasteiger partial charge in [-0.2, -0.15) is 0 Å². The van der Waals surface area contributed by atoms with E-state index >= 15 is 0 Å². The smallest absolute Gasteiger partial charge is 0.414 e. The first kappa shape index (κ1) is 23.5. The molecule has 0 amide bonds. The maximum Gasteiger partial charge on any atom is 0.414 e. The molecule has 1 heterocycles. The summed E-state index contributed by atoms with van der Waals surface area (Å²) < 4.78 is 10.6. The van der Waals surface area contributed by atoms with Crippen molar-refractivity contribution in [2.45, 2.75) is 46.7 Å². The van der Waals surface area contributed by atoms with Crippen LogP contribution in [-0.4, -0.2) is 40.3 Å². The number of carboxylic acid groups (broad SMARTS) is 2. The average Bonchev–Trinajstić information content (AvgIpc) is 2.92. The molecular weight excluding hydrogens is 390 g/mol. The molecule has 3 N–H and O–H groups in total. The second kappa shape index (κ2) is 9.57. The van der Waals surface area contributed by atoms with Gasteiger partial charge in [0.05, 0.1) is 11.6 Å². The number of hydrogen-bond acceptors (Lipinski definition) is 6. The van der Waals surface area contributed by atoms with Crippen molar-refractivity contribution in [3.63, 3.8) is 0 Å². The topological polar surface area (TPSA) is 126 Å². The number of benzene rings is 1. The molecule has 8 nitrogen and oxygen atoms in total. The summed E-state index contributed by atoms with van der Waals surface area (Å²) in [5.74, 6) is -3.88. The van der Waals surface area contributed by atoms with Crippen LogP contribution in [0, 0.1) is 6.92 Å². The van der Waals surface area contributed by atoms with Crippen LogP contribution in [-0.2, 0) is 20.9 Å². The highest BCUT2D eigenvalue weighted by atomic mass is 35.5. The third-order valence-electron chi connectivity index (χ3n) is 3.56. The monoisotopic (exact) mass is 413 g/mol. The number of nitrogens with one attached hydrogen (secondary N) is 1. The van der Waals surface area contributed by atoms with Gasteiger partial charge < -0.3 is 24.7 Å². The highest BCUT2D eigenvalue weighted by molar-refractivity contribution is 6.36. The lowest BCUT2D eigenvalue weighted by Crippen LogP contribution is -2.35. The van der Waals surface area contributed by atoms with Gasteiger partial charge in [-0.3, -0.25) is 0 Å². The molecule has 154 valence electrons. The van der Waals surface area contributed by atoms with Gasteiger partial charge in [-0.25, -0.2) is 14.4 Å². The minimum atomic E-state index is -1.82. The van der Waals surface area contributed by atoms with Crippen molar-refractivity contribution in [2.75, 3.05) is 6.61 Å². The highest BCUT2D eigenvalue weighted by Gasteiger charge is 2.22. The van der Waals surface area contributed by atoms with E-state index in [1.807, 2.05) is 19.1 Å². The maximum absolute atomic E-state index is 11.9. The zero-order valence-corrected chi connectivity index (χ0v) is 17.1. The molecule has 0 aliphatic heterocycles. The van der Waals surface area contributed by atoms with Crippen LogP contribution in [0.4, 0.5) is 0 Å². The number of ether oxygens (including phenoxy) is 1. The van der Waals surface area contributed by atoms with E-state index < -0.39 is 17.9 Å². The fourth-order valence-electron chi connectivity index (χ4n) is 2.22. The summed E-state index contributed by atoms with van der Waals surface area (Å²) in [7, 11) is 0. The van der Waals surface area contributed by atoms with Crippen LogP contribution in [0.2, 0.25) is 5.02 Å². The molecule has 2 rings (SSSR count). The van der Waals surface area contributed by atoms with E-state index in [1.165, 1.54) is 0 Å². The fraction of sp³-hybridized carbons (Fsp3) is 0.421. The van der Waals surface area contributed by atoms with Crippen LogP contribution in [0.1, 0.15) is 49.4 Å². The first-order valence-corrected chi connectivity index (χ1v) is 8.85. The third-order valence-corrected chi connectivity index (χ3v) is 4.00. The standard InChI is InChI=1S/C17H22ClNO3.C2H2O4/c1-6-21-16(20)15-10(2)13-12(22-15)8-7-11(14(13)18)9-19-17(3,4)5;3-1(4)2(5)6/h7-8,19H,6,9H2,1-5H3;(H,3,4)(H,5,6). The highest BCUT2D eigenvalue weighted by Crippen LogP contribution is 2.34. The summed E-state index contributed by atoms with van der Waals surface area (Å²) in [5, 5.41) is 19.6. The Kier molecular flexibility index (Phi) is 8.01. The van der Waals surface area contributed by atoms with E-state index in [0.717, 1.165) is 16.5 Å². The van der Waals surface area contributed by atoms with Gasteiger partial charge in [0.25, 0.3) is 0 Å². The zero-order chi connectivity index (χ0) is 21.6. The summed E-state index contributed by atoms with van der Waals surface area (Å²) in [6, 6.07) is 3.76. The molecule has 0 aliphatic carbocycles. The van der Waals surface area contributed by atoms with Gasteiger partial charge >= 0.3 is 17.9 Å². The predicted molar refractivity (Wildman–Crippen MR) is 104 cm³/mol. The summed E-state index contributed by atoms with van der Waals surface area (Å²) in [6.45, 7) is 10.8. The lowest BCUT2D eigenvalue weighted by molar-refractivity contribution is -0.159. The van der Waals surface area contributed by atoms with Gasteiger partial charge in [0.2, 0.25) is 5.76 Å². The van der Waals surface area contributed by atoms with Crippen LogP contribution in [0.3, 0.4) is 0 Å². The van der Waals surface area contributed by atoms with E-state index in [2.05, 4.69) is 26.1 Å². The molecule has 0 bridgehead atoms. The molecule has 0 spiro atoms. The Bertz CT molecular complexity index is 869. The lowest BCUT2D eigenvalue weighted by atomic mass is 10.1. The van der Waals surface area contributed by atoms with Crippen molar-refractivity contribution in [1.29, 1.82) is 0 Å². The number of aliphatic carboxylic acids is 2. The van der Waals surface area contributed by atoms with Gasteiger partial charge in [-0.05, 0) is 46.2 Å². The minimum absolute atomic E-state index is 0.000180. The number of carboxylic acids is 2. The van der Waals surface area contributed by atoms with Crippen molar-refractivity contribution in [3.8, 4) is 0 Å². The molecule has 1 aromatic carbocycles. The summed E-state index contributed by atoms with van der Waals surface area (Å²) in [4.78, 5) is 30.1. The van der Waals surface area contributed by atoms with E-state index in [0.29, 0.717) is 23.8 Å². The third kappa shape index (κ3) is 6.24. The second-order valence-electron chi connectivity index (χ2n) is 6.90. The quantitative estimate of drug-likeness (QED) is 0.512. The van der Waals surface area contributed by atoms with E-state index in [1.54, 1.807) is 6.92 Å². The second-order valence-corrected chi connectivity index (χ2v) is 7.28. The van der Waals surface area contributed by atoms with E-state index in [-0.39, 0.29) is 11.3 Å².